The number of nitrogens with one attached hydrogen (secondary N) is 2. The Morgan fingerprint density at radius 2 is 1.82 bits per heavy atom. The number of aliphatic carboxylic acids is 1. The Kier molecular flexibility index (Phi) is 4.99. The summed E-state index contributed by atoms with van der Waals surface area (Å²) in [5.74, 6) is -1.27. The highest BCUT2D eigenvalue weighted by atomic mass is 16.4. The van der Waals surface area contributed by atoms with E-state index in [-0.39, 0.29) is 0 Å². The maximum atomic E-state index is 10.4. The molecule has 1 rings (SSSR count). The van der Waals surface area contributed by atoms with Gasteiger partial charge in [-0.2, -0.15) is 0 Å². The average Bonchev–Trinajstić information content (AvgIpc) is 2.29. The summed E-state index contributed by atoms with van der Waals surface area (Å²) in [6.45, 7) is 4.33. The third kappa shape index (κ3) is 4.88. The number of piperazine rings is 1. The number of carboxylic acids is 1. The molecule has 0 aromatic rings. The van der Waals surface area contributed by atoms with Crippen LogP contribution in [-0.2, 0) is 4.79 Å². The SMILES string of the molecule is CN1CCN(CC(=N)/C=C\C(=N)C(=O)O)CC1. The molecule has 94 valence electrons. The standard InChI is InChI=1S/C11H18N4O2/c1-14-4-6-15(7-5-14)8-9(12)2-3-10(13)11(16)17/h2-3,12-13H,4-8H2,1H3,(H,16,17)/b3-2-,12-9?,13-10?. The molecule has 1 aliphatic rings. The van der Waals surface area contributed by atoms with Crippen LogP contribution >= 0.6 is 0 Å². The predicted molar refractivity (Wildman–Crippen MR) is 66.2 cm³/mol. The minimum absolute atomic E-state index is 0.334. The molecule has 1 fully saturated rings. The molecule has 0 aliphatic carbocycles. The molecule has 17 heavy (non-hydrogen) atoms. The van der Waals surface area contributed by atoms with Crippen LogP contribution in [0, 0.1) is 10.8 Å². The molecule has 0 atom stereocenters. The zero-order valence-electron chi connectivity index (χ0n) is 9.94. The number of nitrogens with zero attached hydrogens (tertiary/aromatic N) is 2. The van der Waals surface area contributed by atoms with Crippen molar-refractivity contribution in [2.24, 2.45) is 0 Å². The largest absolute Gasteiger partial charge is 0.477 e. The second kappa shape index (κ2) is 6.27. The van der Waals surface area contributed by atoms with E-state index < -0.39 is 11.7 Å². The van der Waals surface area contributed by atoms with E-state index >= 15 is 0 Å². The van der Waals surface area contributed by atoms with Crippen LogP contribution < -0.4 is 0 Å². The van der Waals surface area contributed by atoms with Crippen LogP contribution in [0.3, 0.4) is 0 Å². The summed E-state index contributed by atoms with van der Waals surface area (Å²) >= 11 is 0. The van der Waals surface area contributed by atoms with Gasteiger partial charge >= 0.3 is 5.97 Å². The Balaban J connectivity index is 2.34. The van der Waals surface area contributed by atoms with E-state index in [0.29, 0.717) is 12.3 Å². The van der Waals surface area contributed by atoms with E-state index in [0.717, 1.165) is 32.3 Å². The lowest BCUT2D eigenvalue weighted by Gasteiger charge is -2.32. The van der Waals surface area contributed by atoms with Crippen LogP contribution in [0.1, 0.15) is 0 Å². The monoisotopic (exact) mass is 238 g/mol. The van der Waals surface area contributed by atoms with Gasteiger partial charge in [-0.25, -0.2) is 4.79 Å². The molecule has 0 aromatic carbocycles. The Morgan fingerprint density at radius 3 is 2.35 bits per heavy atom. The zero-order chi connectivity index (χ0) is 12.8. The van der Waals surface area contributed by atoms with Crippen LogP contribution in [0.25, 0.3) is 0 Å². The number of hydrogen-bond acceptors (Lipinski definition) is 5. The third-order valence-corrected chi connectivity index (χ3v) is 2.67. The lowest BCUT2D eigenvalue weighted by atomic mass is 10.2. The molecule has 0 amide bonds. The maximum Gasteiger partial charge on any atom is 0.353 e. The lowest BCUT2D eigenvalue weighted by Crippen LogP contribution is -2.45. The van der Waals surface area contributed by atoms with Crippen molar-refractivity contribution in [2.45, 2.75) is 0 Å². The topological polar surface area (TPSA) is 91.5 Å². The van der Waals surface area contributed by atoms with E-state index in [9.17, 15) is 4.79 Å². The van der Waals surface area contributed by atoms with Gasteiger partial charge in [0.2, 0.25) is 0 Å². The predicted octanol–water partition coefficient (Wildman–Crippen LogP) is -0.0859. The van der Waals surface area contributed by atoms with Gasteiger partial charge in [-0.15, -0.1) is 0 Å². The molecule has 6 nitrogen and oxygen atoms in total. The van der Waals surface area contributed by atoms with Gasteiger partial charge in [-0.1, -0.05) is 0 Å². The third-order valence-electron chi connectivity index (χ3n) is 2.67. The lowest BCUT2D eigenvalue weighted by molar-refractivity contribution is -0.129. The van der Waals surface area contributed by atoms with Gasteiger partial charge < -0.3 is 15.4 Å². The number of rotatable bonds is 5. The highest BCUT2D eigenvalue weighted by Gasteiger charge is 2.14. The highest BCUT2D eigenvalue weighted by molar-refractivity contribution is 6.39. The summed E-state index contributed by atoms with van der Waals surface area (Å²) in [5.41, 5.74) is -0.159. The van der Waals surface area contributed by atoms with Gasteiger partial charge in [-0.3, -0.25) is 10.3 Å². The first kappa shape index (κ1) is 13.5. The van der Waals surface area contributed by atoms with Crippen molar-refractivity contribution in [3.05, 3.63) is 12.2 Å². The summed E-state index contributed by atoms with van der Waals surface area (Å²) in [6, 6.07) is 0. The molecule has 1 heterocycles. The maximum absolute atomic E-state index is 10.4. The quantitative estimate of drug-likeness (QED) is 0.584. The summed E-state index contributed by atoms with van der Waals surface area (Å²) in [5, 5.41) is 23.2. The highest BCUT2D eigenvalue weighted by Crippen LogP contribution is 1.99. The summed E-state index contributed by atoms with van der Waals surface area (Å²) in [6.07, 6.45) is 2.54. The minimum Gasteiger partial charge on any atom is -0.477 e. The van der Waals surface area contributed by atoms with Crippen LogP contribution in [0.5, 0.6) is 0 Å². The van der Waals surface area contributed by atoms with Crippen LogP contribution in [-0.4, -0.2) is 72.1 Å². The van der Waals surface area contributed by atoms with Crippen molar-refractivity contribution in [1.29, 1.82) is 10.8 Å². The Labute approximate surface area is 101 Å². The molecule has 6 heteroatoms. The summed E-state index contributed by atoms with van der Waals surface area (Å²) < 4.78 is 0. The van der Waals surface area contributed by atoms with Crippen molar-refractivity contribution in [3.8, 4) is 0 Å². The second-order valence-electron chi connectivity index (χ2n) is 4.16. The van der Waals surface area contributed by atoms with Gasteiger partial charge in [0.05, 0.1) is 0 Å². The molecule has 0 aromatic heterocycles. The van der Waals surface area contributed by atoms with E-state index in [1.807, 2.05) is 0 Å². The Morgan fingerprint density at radius 1 is 1.24 bits per heavy atom. The van der Waals surface area contributed by atoms with Crippen LogP contribution in [0.2, 0.25) is 0 Å². The normalized spacial score (nSPS) is 18.4. The van der Waals surface area contributed by atoms with Crippen molar-refractivity contribution < 1.29 is 9.90 Å². The molecule has 1 aliphatic heterocycles. The van der Waals surface area contributed by atoms with Gasteiger partial charge in [0, 0.05) is 38.4 Å². The fourth-order valence-electron chi connectivity index (χ4n) is 1.55. The Hall–Kier alpha value is -1.53. The molecular formula is C11H18N4O2. The number of carbonyl (C=O) groups is 1. The first-order valence-electron chi connectivity index (χ1n) is 5.47. The fraction of sp³-hybridized carbons (Fsp3) is 0.545. The first-order valence-corrected chi connectivity index (χ1v) is 5.47. The molecular weight excluding hydrogens is 220 g/mol. The molecule has 0 saturated carbocycles. The number of likely N-dealkylation sites (N-methyl/N-ethyl adjacent to an activating group) is 1. The van der Waals surface area contributed by atoms with Gasteiger partial charge in [0.1, 0.15) is 5.71 Å². The van der Waals surface area contributed by atoms with Crippen LogP contribution in [0.15, 0.2) is 12.2 Å². The van der Waals surface area contributed by atoms with Gasteiger partial charge in [0.15, 0.2) is 0 Å². The summed E-state index contributed by atoms with van der Waals surface area (Å²) in [4.78, 5) is 14.8. The Bertz CT molecular complexity index is 343. The van der Waals surface area contributed by atoms with E-state index in [2.05, 4.69) is 16.8 Å². The molecule has 1 saturated heterocycles. The van der Waals surface area contributed by atoms with Crippen molar-refractivity contribution in [1.82, 2.24) is 9.80 Å². The summed E-state index contributed by atoms with van der Waals surface area (Å²) in [7, 11) is 2.07. The smallest absolute Gasteiger partial charge is 0.353 e. The molecule has 3 N–H and O–H groups in total. The van der Waals surface area contributed by atoms with Crippen molar-refractivity contribution >= 4 is 17.4 Å². The van der Waals surface area contributed by atoms with E-state index in [1.54, 1.807) is 0 Å². The van der Waals surface area contributed by atoms with Gasteiger partial charge in [0.25, 0.3) is 0 Å². The number of carboxylic acid groups (broad SMARTS) is 1. The fourth-order valence-corrected chi connectivity index (χ4v) is 1.55. The first-order chi connectivity index (χ1) is 7.99. The van der Waals surface area contributed by atoms with Gasteiger partial charge in [-0.05, 0) is 19.2 Å². The molecule has 0 unspecified atom stereocenters. The molecule has 0 spiro atoms. The van der Waals surface area contributed by atoms with Crippen molar-refractivity contribution in [3.63, 3.8) is 0 Å². The van der Waals surface area contributed by atoms with Crippen LogP contribution in [0.4, 0.5) is 0 Å². The van der Waals surface area contributed by atoms with E-state index in [4.69, 9.17) is 15.9 Å². The molecule has 0 radical (unpaired) electrons. The molecule has 0 bridgehead atoms. The number of hydrogen-bond donors (Lipinski definition) is 3. The van der Waals surface area contributed by atoms with Crippen molar-refractivity contribution in [2.75, 3.05) is 39.8 Å². The average molecular weight is 238 g/mol. The second-order valence-corrected chi connectivity index (χ2v) is 4.16. The van der Waals surface area contributed by atoms with E-state index in [1.165, 1.54) is 6.08 Å². The minimum atomic E-state index is -1.27. The zero-order valence-corrected chi connectivity index (χ0v) is 9.94.